The zero-order valence-electron chi connectivity index (χ0n) is 9.59. The van der Waals surface area contributed by atoms with Gasteiger partial charge in [0.15, 0.2) is 0 Å². The Balaban J connectivity index is 2.04. The quantitative estimate of drug-likeness (QED) is 0.673. The van der Waals surface area contributed by atoms with Crippen LogP contribution in [0.1, 0.15) is 45.4 Å². The Labute approximate surface area is 92.3 Å². The summed E-state index contributed by atoms with van der Waals surface area (Å²) in [6.07, 6.45) is 11.3. The molecule has 0 spiro atoms. The summed E-state index contributed by atoms with van der Waals surface area (Å²) in [6.45, 7) is 2.87. The van der Waals surface area contributed by atoms with Crippen LogP contribution in [0.15, 0.2) is 12.3 Å². The number of urea groups is 1. The highest BCUT2D eigenvalue weighted by molar-refractivity contribution is 5.74. The first kappa shape index (κ1) is 12.1. The van der Waals surface area contributed by atoms with Gasteiger partial charge in [-0.3, -0.25) is 0 Å². The minimum absolute atomic E-state index is 0.0855. The molecule has 0 aromatic carbocycles. The highest BCUT2D eigenvalue weighted by Crippen LogP contribution is 2.25. The highest BCUT2D eigenvalue weighted by atomic mass is 16.2. The Kier molecular flexibility index (Phi) is 5.90. The summed E-state index contributed by atoms with van der Waals surface area (Å²) in [4.78, 5) is 11.2. The highest BCUT2D eigenvalue weighted by Gasteiger charge is 2.10. The van der Waals surface area contributed by atoms with Gasteiger partial charge in [-0.1, -0.05) is 32.3 Å². The van der Waals surface area contributed by atoms with Gasteiger partial charge in [0.2, 0.25) is 0 Å². The molecule has 0 radical (unpaired) electrons. The number of hydrogen-bond donors (Lipinski definition) is 2. The Morgan fingerprint density at radius 2 is 2.13 bits per heavy atom. The van der Waals surface area contributed by atoms with E-state index in [0.29, 0.717) is 5.92 Å². The number of unbranched alkanes of at least 4 members (excludes halogenated alkanes) is 1. The van der Waals surface area contributed by atoms with Crippen LogP contribution >= 0.6 is 0 Å². The molecule has 2 N–H and O–H groups in total. The van der Waals surface area contributed by atoms with Crippen LogP contribution in [-0.4, -0.2) is 12.6 Å². The standard InChI is InChI=1S/C12H22N2O/c1-2-3-9-13-12(15)14-10-8-11-6-4-5-7-11/h8,10-11H,2-7,9H2,1H3,(H2,13,14,15)/b10-8+. The molecule has 86 valence electrons. The predicted octanol–water partition coefficient (Wildman–Crippen LogP) is 2.79. The lowest BCUT2D eigenvalue weighted by Gasteiger charge is -2.04. The van der Waals surface area contributed by atoms with Crippen molar-refractivity contribution in [1.82, 2.24) is 10.6 Å². The van der Waals surface area contributed by atoms with E-state index in [4.69, 9.17) is 0 Å². The number of allylic oxidation sites excluding steroid dienone is 1. The van der Waals surface area contributed by atoms with E-state index in [2.05, 4.69) is 23.6 Å². The molecule has 1 saturated carbocycles. The molecule has 3 nitrogen and oxygen atoms in total. The van der Waals surface area contributed by atoms with Crippen LogP contribution in [0.3, 0.4) is 0 Å². The maximum absolute atomic E-state index is 11.2. The molecule has 2 amide bonds. The van der Waals surface area contributed by atoms with E-state index in [1.165, 1.54) is 25.7 Å². The smallest absolute Gasteiger partial charge is 0.318 e. The first-order chi connectivity index (χ1) is 7.33. The van der Waals surface area contributed by atoms with Crippen molar-refractivity contribution >= 4 is 6.03 Å². The fourth-order valence-corrected chi connectivity index (χ4v) is 1.84. The van der Waals surface area contributed by atoms with Gasteiger partial charge in [0, 0.05) is 12.7 Å². The molecular formula is C12H22N2O. The van der Waals surface area contributed by atoms with E-state index >= 15 is 0 Å². The van der Waals surface area contributed by atoms with Gasteiger partial charge in [0.25, 0.3) is 0 Å². The average molecular weight is 210 g/mol. The third-order valence-electron chi connectivity index (χ3n) is 2.80. The van der Waals surface area contributed by atoms with Crippen molar-refractivity contribution in [3.05, 3.63) is 12.3 Å². The number of carbonyl (C=O) groups excluding carboxylic acids is 1. The maximum atomic E-state index is 11.2. The summed E-state index contributed by atoms with van der Waals surface area (Å²) in [5.74, 6) is 0.681. The Bertz CT molecular complexity index is 208. The summed E-state index contributed by atoms with van der Waals surface area (Å²) in [6, 6.07) is -0.0855. The van der Waals surface area contributed by atoms with Crippen molar-refractivity contribution < 1.29 is 4.79 Å². The van der Waals surface area contributed by atoms with Gasteiger partial charge in [-0.05, 0) is 25.2 Å². The third kappa shape index (κ3) is 5.45. The molecule has 0 bridgehead atoms. The molecule has 1 rings (SSSR count). The van der Waals surface area contributed by atoms with Crippen LogP contribution in [0, 0.1) is 5.92 Å². The van der Waals surface area contributed by atoms with Crippen molar-refractivity contribution in [3.63, 3.8) is 0 Å². The topological polar surface area (TPSA) is 41.1 Å². The molecule has 3 heteroatoms. The minimum atomic E-state index is -0.0855. The Morgan fingerprint density at radius 1 is 1.40 bits per heavy atom. The summed E-state index contributed by atoms with van der Waals surface area (Å²) in [5, 5.41) is 5.55. The van der Waals surface area contributed by atoms with E-state index in [1.807, 2.05) is 0 Å². The van der Waals surface area contributed by atoms with E-state index in [-0.39, 0.29) is 6.03 Å². The van der Waals surface area contributed by atoms with Gasteiger partial charge in [-0.2, -0.15) is 0 Å². The summed E-state index contributed by atoms with van der Waals surface area (Å²) in [7, 11) is 0. The van der Waals surface area contributed by atoms with Gasteiger partial charge in [0.1, 0.15) is 0 Å². The second-order valence-electron chi connectivity index (χ2n) is 4.16. The summed E-state index contributed by atoms with van der Waals surface area (Å²) >= 11 is 0. The molecule has 0 saturated heterocycles. The van der Waals surface area contributed by atoms with Crippen molar-refractivity contribution in [1.29, 1.82) is 0 Å². The monoisotopic (exact) mass is 210 g/mol. The first-order valence-corrected chi connectivity index (χ1v) is 6.04. The van der Waals surface area contributed by atoms with Crippen molar-refractivity contribution in [2.45, 2.75) is 45.4 Å². The molecule has 15 heavy (non-hydrogen) atoms. The van der Waals surface area contributed by atoms with Crippen LogP contribution in [0.2, 0.25) is 0 Å². The zero-order valence-corrected chi connectivity index (χ0v) is 9.59. The van der Waals surface area contributed by atoms with Gasteiger partial charge in [-0.15, -0.1) is 0 Å². The second kappa shape index (κ2) is 7.32. The molecule has 0 aromatic rings. The van der Waals surface area contributed by atoms with Crippen molar-refractivity contribution in [3.8, 4) is 0 Å². The number of carbonyl (C=O) groups is 1. The molecule has 1 fully saturated rings. The molecule has 1 aliphatic carbocycles. The molecule has 0 atom stereocenters. The van der Waals surface area contributed by atoms with Crippen molar-refractivity contribution in [2.24, 2.45) is 5.92 Å². The van der Waals surface area contributed by atoms with E-state index in [0.717, 1.165) is 19.4 Å². The van der Waals surface area contributed by atoms with Crippen LogP contribution < -0.4 is 10.6 Å². The number of nitrogens with one attached hydrogen (secondary N) is 2. The molecule has 0 aliphatic heterocycles. The van der Waals surface area contributed by atoms with Crippen LogP contribution in [0.4, 0.5) is 4.79 Å². The summed E-state index contributed by atoms with van der Waals surface area (Å²) in [5.41, 5.74) is 0. The van der Waals surface area contributed by atoms with Gasteiger partial charge in [-0.25, -0.2) is 4.79 Å². The lowest BCUT2D eigenvalue weighted by molar-refractivity contribution is 0.244. The van der Waals surface area contributed by atoms with Crippen LogP contribution in [-0.2, 0) is 0 Å². The maximum Gasteiger partial charge on any atom is 0.318 e. The number of hydrogen-bond acceptors (Lipinski definition) is 1. The van der Waals surface area contributed by atoms with Gasteiger partial charge >= 0.3 is 6.03 Å². The van der Waals surface area contributed by atoms with Gasteiger partial charge < -0.3 is 10.6 Å². The van der Waals surface area contributed by atoms with Crippen LogP contribution in [0.25, 0.3) is 0 Å². The van der Waals surface area contributed by atoms with E-state index in [9.17, 15) is 4.79 Å². The Morgan fingerprint density at radius 3 is 2.80 bits per heavy atom. The zero-order chi connectivity index (χ0) is 10.9. The average Bonchev–Trinajstić information content (AvgIpc) is 2.71. The first-order valence-electron chi connectivity index (χ1n) is 6.04. The number of rotatable bonds is 5. The third-order valence-corrected chi connectivity index (χ3v) is 2.80. The lowest BCUT2D eigenvalue weighted by atomic mass is 10.1. The molecule has 1 aliphatic rings. The fourth-order valence-electron chi connectivity index (χ4n) is 1.84. The lowest BCUT2D eigenvalue weighted by Crippen LogP contribution is -2.32. The molecule has 0 heterocycles. The van der Waals surface area contributed by atoms with Crippen molar-refractivity contribution in [2.75, 3.05) is 6.54 Å². The summed E-state index contributed by atoms with van der Waals surface area (Å²) < 4.78 is 0. The molecular weight excluding hydrogens is 188 g/mol. The van der Waals surface area contributed by atoms with E-state index < -0.39 is 0 Å². The minimum Gasteiger partial charge on any atom is -0.338 e. The second-order valence-corrected chi connectivity index (χ2v) is 4.16. The van der Waals surface area contributed by atoms with Crippen LogP contribution in [0.5, 0.6) is 0 Å². The molecule has 0 aromatic heterocycles. The van der Waals surface area contributed by atoms with Gasteiger partial charge in [0.05, 0.1) is 0 Å². The fraction of sp³-hybridized carbons (Fsp3) is 0.750. The largest absolute Gasteiger partial charge is 0.338 e. The SMILES string of the molecule is CCCCNC(=O)N/C=C/C1CCCC1. The normalized spacial score (nSPS) is 17.1. The van der Waals surface area contributed by atoms with E-state index in [1.54, 1.807) is 6.20 Å². The number of amides is 2. The molecule has 0 unspecified atom stereocenters. The Hall–Kier alpha value is -0.990. The predicted molar refractivity (Wildman–Crippen MR) is 62.5 cm³/mol.